The molecule has 2 nitrogen and oxygen atoms in total. The van der Waals surface area contributed by atoms with E-state index < -0.39 is 0 Å². The van der Waals surface area contributed by atoms with E-state index in [1.54, 1.807) is 0 Å². The first-order chi connectivity index (χ1) is 8.11. The molecule has 0 aromatic heterocycles. The molecule has 0 N–H and O–H groups in total. The van der Waals surface area contributed by atoms with Gasteiger partial charge in [0.1, 0.15) is 0 Å². The Labute approximate surface area is 103 Å². The van der Waals surface area contributed by atoms with Gasteiger partial charge in [-0.05, 0) is 30.5 Å². The second kappa shape index (κ2) is 4.74. The molecule has 0 radical (unpaired) electrons. The average Bonchev–Trinajstić information content (AvgIpc) is 2.65. The zero-order valence-corrected chi connectivity index (χ0v) is 10.6. The van der Waals surface area contributed by atoms with Crippen LogP contribution < -0.4 is 0 Å². The topological polar surface area (TPSA) is 20.3 Å². The van der Waals surface area contributed by atoms with E-state index in [0.29, 0.717) is 12.3 Å². The predicted molar refractivity (Wildman–Crippen MR) is 69.6 cm³/mol. The maximum Gasteiger partial charge on any atom is 0.223 e. The molecule has 0 bridgehead atoms. The van der Waals surface area contributed by atoms with E-state index in [1.807, 2.05) is 11.0 Å². The third-order valence-electron chi connectivity index (χ3n) is 3.57. The van der Waals surface area contributed by atoms with Gasteiger partial charge >= 0.3 is 0 Å². The molecule has 1 fully saturated rings. The Bertz CT molecular complexity index is 430. The van der Waals surface area contributed by atoms with E-state index in [-0.39, 0.29) is 5.91 Å². The summed E-state index contributed by atoms with van der Waals surface area (Å²) in [6.45, 7) is 9.54. The molecule has 1 aliphatic rings. The molecule has 17 heavy (non-hydrogen) atoms. The van der Waals surface area contributed by atoms with Crippen LogP contribution in [0.5, 0.6) is 0 Å². The SMILES string of the molecule is C=CC1CC(=O)N(Cc2c(C)cccc2C)C1. The molecule has 1 saturated heterocycles. The van der Waals surface area contributed by atoms with Crippen LogP contribution in [-0.4, -0.2) is 17.4 Å². The lowest BCUT2D eigenvalue weighted by molar-refractivity contribution is -0.128. The van der Waals surface area contributed by atoms with Gasteiger partial charge in [-0.15, -0.1) is 6.58 Å². The van der Waals surface area contributed by atoms with Gasteiger partial charge in [-0.25, -0.2) is 0 Å². The van der Waals surface area contributed by atoms with Crippen molar-refractivity contribution < 1.29 is 4.79 Å². The van der Waals surface area contributed by atoms with Crippen molar-refractivity contribution in [1.82, 2.24) is 4.90 Å². The fraction of sp³-hybridized carbons (Fsp3) is 0.400. The molecule has 1 heterocycles. The van der Waals surface area contributed by atoms with Crippen LogP contribution in [0.1, 0.15) is 23.1 Å². The molecular formula is C15H19NO. The molecule has 1 aromatic rings. The molecule has 1 atom stereocenters. The first kappa shape index (κ1) is 11.9. The summed E-state index contributed by atoms with van der Waals surface area (Å²) in [5.74, 6) is 0.573. The van der Waals surface area contributed by atoms with Crippen LogP contribution in [-0.2, 0) is 11.3 Å². The molecule has 0 aliphatic carbocycles. The molecule has 0 spiro atoms. The Balaban J connectivity index is 2.16. The van der Waals surface area contributed by atoms with Crippen molar-refractivity contribution in [2.24, 2.45) is 5.92 Å². The summed E-state index contributed by atoms with van der Waals surface area (Å²) >= 11 is 0. The molecule has 1 aromatic carbocycles. The van der Waals surface area contributed by atoms with Crippen molar-refractivity contribution in [1.29, 1.82) is 0 Å². The van der Waals surface area contributed by atoms with Crippen LogP contribution >= 0.6 is 0 Å². The Morgan fingerprint density at radius 3 is 2.59 bits per heavy atom. The summed E-state index contributed by atoms with van der Waals surface area (Å²) in [7, 11) is 0. The fourth-order valence-corrected chi connectivity index (χ4v) is 2.40. The highest BCUT2D eigenvalue weighted by Crippen LogP contribution is 2.23. The van der Waals surface area contributed by atoms with E-state index in [4.69, 9.17) is 0 Å². The van der Waals surface area contributed by atoms with Crippen LogP contribution in [0, 0.1) is 19.8 Å². The van der Waals surface area contributed by atoms with E-state index >= 15 is 0 Å². The van der Waals surface area contributed by atoms with Gasteiger partial charge in [-0.3, -0.25) is 4.79 Å². The van der Waals surface area contributed by atoms with Gasteiger partial charge in [0.15, 0.2) is 0 Å². The van der Waals surface area contributed by atoms with Crippen LogP contribution in [0.2, 0.25) is 0 Å². The number of carbonyl (C=O) groups is 1. The maximum atomic E-state index is 11.8. The zero-order chi connectivity index (χ0) is 12.4. The van der Waals surface area contributed by atoms with E-state index in [2.05, 4.69) is 38.6 Å². The maximum absolute atomic E-state index is 11.8. The summed E-state index contributed by atoms with van der Waals surface area (Å²) in [6, 6.07) is 6.27. The van der Waals surface area contributed by atoms with Crippen LogP contribution in [0.3, 0.4) is 0 Å². The van der Waals surface area contributed by atoms with Crippen molar-refractivity contribution in [3.8, 4) is 0 Å². The minimum absolute atomic E-state index is 0.248. The predicted octanol–water partition coefficient (Wildman–Crippen LogP) is 2.84. The van der Waals surface area contributed by atoms with Crippen molar-refractivity contribution >= 4 is 5.91 Å². The van der Waals surface area contributed by atoms with Crippen molar-refractivity contribution in [2.45, 2.75) is 26.8 Å². The minimum atomic E-state index is 0.248. The Hall–Kier alpha value is -1.57. The van der Waals surface area contributed by atoms with Gasteiger partial charge in [-0.2, -0.15) is 0 Å². The van der Waals surface area contributed by atoms with E-state index in [9.17, 15) is 4.79 Å². The molecule has 1 amide bonds. The number of aryl methyl sites for hydroxylation is 2. The van der Waals surface area contributed by atoms with Crippen molar-refractivity contribution in [3.63, 3.8) is 0 Å². The highest BCUT2D eigenvalue weighted by Gasteiger charge is 2.27. The summed E-state index contributed by atoms with van der Waals surface area (Å²) in [4.78, 5) is 13.8. The summed E-state index contributed by atoms with van der Waals surface area (Å²) in [5, 5.41) is 0. The highest BCUT2D eigenvalue weighted by atomic mass is 16.2. The first-order valence-corrected chi connectivity index (χ1v) is 6.07. The second-order valence-electron chi connectivity index (χ2n) is 4.84. The number of carbonyl (C=O) groups excluding carboxylic acids is 1. The van der Waals surface area contributed by atoms with Gasteiger partial charge in [0.05, 0.1) is 0 Å². The fourth-order valence-electron chi connectivity index (χ4n) is 2.40. The zero-order valence-electron chi connectivity index (χ0n) is 10.6. The molecule has 2 rings (SSSR count). The average molecular weight is 229 g/mol. The number of rotatable bonds is 3. The minimum Gasteiger partial charge on any atom is -0.338 e. The van der Waals surface area contributed by atoms with Gasteiger partial charge in [0.25, 0.3) is 0 Å². The van der Waals surface area contributed by atoms with Gasteiger partial charge in [0.2, 0.25) is 5.91 Å². The first-order valence-electron chi connectivity index (χ1n) is 6.07. The normalized spacial score (nSPS) is 19.8. The van der Waals surface area contributed by atoms with E-state index in [0.717, 1.165) is 13.1 Å². The molecule has 2 heteroatoms. The summed E-state index contributed by atoms with van der Waals surface area (Å²) in [5.41, 5.74) is 3.81. The van der Waals surface area contributed by atoms with Crippen LogP contribution in [0.4, 0.5) is 0 Å². The van der Waals surface area contributed by atoms with Gasteiger partial charge in [0, 0.05) is 25.4 Å². The van der Waals surface area contributed by atoms with Gasteiger partial charge < -0.3 is 4.90 Å². The number of likely N-dealkylation sites (tertiary alicyclic amines) is 1. The Kier molecular flexibility index (Phi) is 3.32. The standard InChI is InChI=1S/C15H19NO/c1-4-13-8-15(17)16(9-13)10-14-11(2)6-5-7-12(14)3/h4-7,13H,1,8-10H2,2-3H3. The lowest BCUT2D eigenvalue weighted by Crippen LogP contribution is -2.25. The summed E-state index contributed by atoms with van der Waals surface area (Å²) in [6.07, 6.45) is 2.51. The van der Waals surface area contributed by atoms with Crippen LogP contribution in [0.25, 0.3) is 0 Å². The Morgan fingerprint density at radius 2 is 2.06 bits per heavy atom. The lowest BCUT2D eigenvalue weighted by atomic mass is 10.0. The molecule has 1 unspecified atom stereocenters. The lowest BCUT2D eigenvalue weighted by Gasteiger charge is -2.19. The van der Waals surface area contributed by atoms with Crippen molar-refractivity contribution in [2.75, 3.05) is 6.54 Å². The third kappa shape index (κ3) is 2.41. The summed E-state index contributed by atoms with van der Waals surface area (Å²) < 4.78 is 0. The molecule has 1 aliphatic heterocycles. The highest BCUT2D eigenvalue weighted by molar-refractivity contribution is 5.79. The van der Waals surface area contributed by atoms with Gasteiger partial charge in [-0.1, -0.05) is 24.3 Å². The van der Waals surface area contributed by atoms with E-state index in [1.165, 1.54) is 16.7 Å². The number of nitrogens with zero attached hydrogens (tertiary/aromatic N) is 1. The monoisotopic (exact) mass is 229 g/mol. The second-order valence-corrected chi connectivity index (χ2v) is 4.84. The number of hydrogen-bond acceptors (Lipinski definition) is 1. The smallest absolute Gasteiger partial charge is 0.223 e. The third-order valence-corrected chi connectivity index (χ3v) is 3.57. The quantitative estimate of drug-likeness (QED) is 0.730. The number of benzene rings is 1. The molecule has 90 valence electrons. The molecule has 0 saturated carbocycles. The number of hydrogen-bond donors (Lipinski definition) is 0. The molecular weight excluding hydrogens is 210 g/mol. The Morgan fingerprint density at radius 1 is 1.41 bits per heavy atom. The largest absolute Gasteiger partial charge is 0.338 e. The number of amides is 1. The van der Waals surface area contributed by atoms with Crippen LogP contribution in [0.15, 0.2) is 30.9 Å². The van der Waals surface area contributed by atoms with Crippen molar-refractivity contribution in [3.05, 3.63) is 47.5 Å².